The van der Waals surface area contributed by atoms with Gasteiger partial charge in [0.15, 0.2) is 11.5 Å². The summed E-state index contributed by atoms with van der Waals surface area (Å²) in [5.41, 5.74) is 1.66. The first-order chi connectivity index (χ1) is 10.0. The van der Waals surface area contributed by atoms with Gasteiger partial charge in [0.25, 0.3) is 0 Å². The molecular formula is C15H14Cl3NO2. The summed E-state index contributed by atoms with van der Waals surface area (Å²) in [6.07, 6.45) is 0. The predicted octanol–water partition coefficient (Wildman–Crippen LogP) is 5.28. The lowest BCUT2D eigenvalue weighted by Crippen LogP contribution is -2.02. The van der Waals surface area contributed by atoms with Gasteiger partial charge in [-0.25, -0.2) is 0 Å². The SMILES string of the molecule is COc1cc(Cl)c(NCc2ccc(Cl)cc2Cl)cc1OC. The predicted molar refractivity (Wildman–Crippen MR) is 88.3 cm³/mol. The summed E-state index contributed by atoms with van der Waals surface area (Å²) >= 11 is 18.2. The maximum atomic E-state index is 6.22. The molecule has 0 saturated heterocycles. The first-order valence-corrected chi connectivity index (χ1v) is 7.28. The maximum Gasteiger partial charge on any atom is 0.162 e. The second-order valence-corrected chi connectivity index (χ2v) is 5.53. The highest BCUT2D eigenvalue weighted by molar-refractivity contribution is 6.35. The van der Waals surface area contributed by atoms with Crippen LogP contribution in [0.15, 0.2) is 30.3 Å². The quantitative estimate of drug-likeness (QED) is 0.799. The van der Waals surface area contributed by atoms with Crippen LogP contribution in [0.2, 0.25) is 15.1 Å². The van der Waals surface area contributed by atoms with Crippen molar-refractivity contribution < 1.29 is 9.47 Å². The molecule has 2 aromatic rings. The average Bonchev–Trinajstić information content (AvgIpc) is 2.47. The molecule has 0 aliphatic rings. The van der Waals surface area contributed by atoms with Crippen LogP contribution in [0.5, 0.6) is 11.5 Å². The number of halogens is 3. The molecule has 21 heavy (non-hydrogen) atoms. The molecule has 0 fully saturated rings. The van der Waals surface area contributed by atoms with E-state index in [1.54, 1.807) is 38.5 Å². The summed E-state index contributed by atoms with van der Waals surface area (Å²) in [7, 11) is 3.14. The summed E-state index contributed by atoms with van der Waals surface area (Å²) in [5.74, 6) is 1.18. The molecule has 0 unspecified atom stereocenters. The summed E-state index contributed by atoms with van der Waals surface area (Å²) in [6.45, 7) is 0.519. The van der Waals surface area contributed by atoms with Crippen LogP contribution in [0.25, 0.3) is 0 Å². The van der Waals surface area contributed by atoms with Crippen LogP contribution in [0.1, 0.15) is 5.56 Å². The standard InChI is InChI=1S/C15H14Cl3NO2/c1-20-14-6-12(18)13(7-15(14)21-2)19-8-9-3-4-10(16)5-11(9)17/h3-7,19H,8H2,1-2H3. The fourth-order valence-corrected chi connectivity index (χ4v) is 2.54. The summed E-state index contributed by atoms with van der Waals surface area (Å²) in [4.78, 5) is 0. The Morgan fingerprint density at radius 1 is 0.905 bits per heavy atom. The van der Waals surface area contributed by atoms with Crippen molar-refractivity contribution in [2.45, 2.75) is 6.54 Å². The molecule has 112 valence electrons. The molecule has 2 rings (SSSR count). The zero-order chi connectivity index (χ0) is 15.4. The first kappa shape index (κ1) is 16.1. The summed E-state index contributed by atoms with van der Waals surface area (Å²) in [6, 6.07) is 8.85. The van der Waals surface area contributed by atoms with Gasteiger partial charge >= 0.3 is 0 Å². The minimum Gasteiger partial charge on any atom is -0.493 e. The second kappa shape index (κ2) is 7.12. The van der Waals surface area contributed by atoms with E-state index in [9.17, 15) is 0 Å². The molecule has 1 N–H and O–H groups in total. The van der Waals surface area contributed by atoms with Gasteiger partial charge in [0.1, 0.15) is 0 Å². The van der Waals surface area contributed by atoms with Gasteiger partial charge in [0, 0.05) is 28.7 Å². The van der Waals surface area contributed by atoms with Crippen LogP contribution in [-0.4, -0.2) is 14.2 Å². The lowest BCUT2D eigenvalue weighted by Gasteiger charge is -2.14. The van der Waals surface area contributed by atoms with Crippen LogP contribution in [-0.2, 0) is 6.54 Å². The average molecular weight is 347 g/mol. The van der Waals surface area contributed by atoms with Crippen LogP contribution in [0.4, 0.5) is 5.69 Å². The van der Waals surface area contributed by atoms with Crippen molar-refractivity contribution in [2.75, 3.05) is 19.5 Å². The second-order valence-electron chi connectivity index (χ2n) is 4.28. The Kier molecular flexibility index (Phi) is 5.45. The van der Waals surface area contributed by atoms with Crippen molar-refractivity contribution in [1.29, 1.82) is 0 Å². The third kappa shape index (κ3) is 3.88. The normalized spacial score (nSPS) is 10.3. The van der Waals surface area contributed by atoms with Crippen molar-refractivity contribution in [1.82, 2.24) is 0 Å². The molecule has 3 nitrogen and oxygen atoms in total. The number of hydrogen-bond acceptors (Lipinski definition) is 3. The van der Waals surface area contributed by atoms with E-state index in [0.717, 1.165) is 11.3 Å². The molecule has 0 saturated carbocycles. The van der Waals surface area contributed by atoms with E-state index < -0.39 is 0 Å². The number of ether oxygens (including phenoxy) is 2. The Morgan fingerprint density at radius 3 is 2.19 bits per heavy atom. The van der Waals surface area contributed by atoms with E-state index in [0.29, 0.717) is 33.1 Å². The zero-order valence-electron chi connectivity index (χ0n) is 11.5. The maximum absolute atomic E-state index is 6.22. The van der Waals surface area contributed by atoms with Crippen molar-refractivity contribution in [3.8, 4) is 11.5 Å². The van der Waals surface area contributed by atoms with E-state index >= 15 is 0 Å². The number of methoxy groups -OCH3 is 2. The Hall–Kier alpha value is -1.29. The molecule has 0 atom stereocenters. The van der Waals surface area contributed by atoms with Crippen LogP contribution < -0.4 is 14.8 Å². The van der Waals surface area contributed by atoms with E-state index in [-0.39, 0.29) is 0 Å². The fraction of sp³-hybridized carbons (Fsp3) is 0.200. The monoisotopic (exact) mass is 345 g/mol. The highest BCUT2D eigenvalue weighted by atomic mass is 35.5. The molecular weight excluding hydrogens is 333 g/mol. The van der Waals surface area contributed by atoms with Gasteiger partial charge in [0.05, 0.1) is 24.9 Å². The highest BCUT2D eigenvalue weighted by Crippen LogP contribution is 2.36. The highest BCUT2D eigenvalue weighted by Gasteiger charge is 2.10. The molecule has 0 spiro atoms. The number of hydrogen-bond donors (Lipinski definition) is 1. The zero-order valence-corrected chi connectivity index (χ0v) is 13.8. The minimum absolute atomic E-state index is 0.519. The minimum atomic E-state index is 0.519. The largest absolute Gasteiger partial charge is 0.493 e. The van der Waals surface area contributed by atoms with Gasteiger partial charge < -0.3 is 14.8 Å². The summed E-state index contributed by atoms with van der Waals surface area (Å²) < 4.78 is 10.5. The van der Waals surface area contributed by atoms with Gasteiger partial charge in [-0.15, -0.1) is 0 Å². The topological polar surface area (TPSA) is 30.5 Å². The molecule has 0 amide bonds. The molecule has 0 aliphatic heterocycles. The van der Waals surface area contributed by atoms with Crippen molar-refractivity contribution in [3.05, 3.63) is 51.0 Å². The van der Waals surface area contributed by atoms with E-state index in [4.69, 9.17) is 44.3 Å². The molecule has 0 aromatic heterocycles. The number of rotatable bonds is 5. The van der Waals surface area contributed by atoms with Gasteiger partial charge in [-0.3, -0.25) is 0 Å². The molecule has 0 radical (unpaired) electrons. The molecule has 2 aromatic carbocycles. The van der Waals surface area contributed by atoms with Gasteiger partial charge in [0.2, 0.25) is 0 Å². The van der Waals surface area contributed by atoms with E-state index in [2.05, 4.69) is 5.32 Å². The third-order valence-corrected chi connectivity index (χ3v) is 3.86. The van der Waals surface area contributed by atoms with Gasteiger partial charge in [-0.1, -0.05) is 40.9 Å². The fourth-order valence-electron chi connectivity index (χ4n) is 1.85. The Bertz CT molecular complexity index is 647. The van der Waals surface area contributed by atoms with Crippen molar-refractivity contribution in [2.24, 2.45) is 0 Å². The molecule has 0 heterocycles. The first-order valence-electron chi connectivity index (χ1n) is 6.14. The van der Waals surface area contributed by atoms with Crippen LogP contribution >= 0.6 is 34.8 Å². The Balaban J connectivity index is 2.19. The number of anilines is 1. The molecule has 0 aliphatic carbocycles. The lowest BCUT2D eigenvalue weighted by atomic mass is 10.2. The van der Waals surface area contributed by atoms with Gasteiger partial charge in [-0.05, 0) is 17.7 Å². The number of nitrogens with one attached hydrogen (secondary N) is 1. The Labute approximate surface area is 138 Å². The van der Waals surface area contributed by atoms with Crippen molar-refractivity contribution >= 4 is 40.5 Å². The van der Waals surface area contributed by atoms with Crippen molar-refractivity contribution in [3.63, 3.8) is 0 Å². The van der Waals surface area contributed by atoms with Gasteiger partial charge in [-0.2, -0.15) is 0 Å². The van der Waals surface area contributed by atoms with E-state index in [1.165, 1.54) is 0 Å². The number of benzene rings is 2. The van der Waals surface area contributed by atoms with Crippen LogP contribution in [0, 0.1) is 0 Å². The smallest absolute Gasteiger partial charge is 0.162 e. The Morgan fingerprint density at radius 2 is 1.57 bits per heavy atom. The molecule has 0 bridgehead atoms. The third-order valence-electron chi connectivity index (χ3n) is 2.96. The lowest BCUT2D eigenvalue weighted by molar-refractivity contribution is 0.355. The molecule has 6 heteroatoms. The van der Waals surface area contributed by atoms with E-state index in [1.807, 2.05) is 6.07 Å². The van der Waals surface area contributed by atoms with Crippen LogP contribution in [0.3, 0.4) is 0 Å². The summed E-state index contributed by atoms with van der Waals surface area (Å²) in [5, 5.41) is 4.97.